The maximum Gasteiger partial charge on any atom is 0.418 e. The zero-order chi connectivity index (χ0) is 14.4. The van der Waals surface area contributed by atoms with Crippen LogP contribution in [0.1, 0.15) is 12.0 Å². The number of benzene rings is 1. The molecule has 1 saturated heterocycles. The fourth-order valence-electron chi connectivity index (χ4n) is 1.54. The molecule has 1 aromatic rings. The molecule has 0 unspecified atom stereocenters. The molecule has 1 N–H and O–H groups in total. The van der Waals surface area contributed by atoms with E-state index in [0.29, 0.717) is 6.42 Å². The van der Waals surface area contributed by atoms with Crippen molar-refractivity contribution in [3.05, 3.63) is 41.4 Å². The summed E-state index contributed by atoms with van der Waals surface area (Å²) in [6.07, 6.45) is 0.419. The number of hydrogen-bond donors (Lipinski definition) is 1. The Morgan fingerprint density at radius 2 is 2.15 bits per heavy atom. The maximum atomic E-state index is 11.7. The highest BCUT2D eigenvalue weighted by Gasteiger charge is 2.29. The predicted octanol–water partition coefficient (Wildman–Crippen LogP) is 0.980. The van der Waals surface area contributed by atoms with Crippen molar-refractivity contribution in [2.24, 2.45) is 0 Å². The zero-order valence-electron chi connectivity index (χ0n) is 10.6. The van der Waals surface area contributed by atoms with Gasteiger partial charge in [-0.25, -0.2) is 4.79 Å². The Labute approximate surface area is 120 Å². The van der Waals surface area contributed by atoms with Crippen LogP contribution in [0.4, 0.5) is 0 Å². The number of esters is 1. The minimum Gasteiger partial charge on any atom is -0.452 e. The van der Waals surface area contributed by atoms with Gasteiger partial charge in [-0.3, -0.25) is 4.79 Å². The lowest BCUT2D eigenvalue weighted by Crippen LogP contribution is -2.46. The van der Waals surface area contributed by atoms with E-state index in [1.54, 1.807) is 0 Å². The van der Waals surface area contributed by atoms with Crippen molar-refractivity contribution in [1.29, 1.82) is 0 Å². The Kier molecular flexibility index (Phi) is 4.92. The molecule has 0 bridgehead atoms. The molecule has 2 rings (SSSR count). The van der Waals surface area contributed by atoms with Crippen LogP contribution in [-0.2, 0) is 20.9 Å². The molecule has 0 radical (unpaired) electrons. The number of carbonyl (C=O) groups excluding carboxylic acids is 2. The summed E-state index contributed by atoms with van der Waals surface area (Å²) in [5.41, 5.74) is 9.63. The third kappa shape index (κ3) is 3.94. The van der Waals surface area contributed by atoms with Gasteiger partial charge in [0.15, 0.2) is 0 Å². The first-order valence-corrected chi connectivity index (χ1v) is 7.07. The van der Waals surface area contributed by atoms with Gasteiger partial charge in [-0.1, -0.05) is 30.3 Å². The van der Waals surface area contributed by atoms with Crippen molar-refractivity contribution in [2.75, 3.05) is 5.75 Å². The van der Waals surface area contributed by atoms with Crippen LogP contribution in [0.5, 0.6) is 0 Å². The summed E-state index contributed by atoms with van der Waals surface area (Å²) < 4.78 is 5.06. The van der Waals surface area contributed by atoms with Crippen molar-refractivity contribution >= 4 is 29.4 Å². The number of β-lactam (4-membered cyclic amide) rings is 1. The lowest BCUT2D eigenvalue weighted by molar-refractivity contribution is -0.141. The van der Waals surface area contributed by atoms with Gasteiger partial charge in [-0.2, -0.15) is 4.79 Å². The molecule has 0 aromatic heterocycles. The maximum absolute atomic E-state index is 11.7. The van der Waals surface area contributed by atoms with Crippen molar-refractivity contribution < 1.29 is 19.1 Å². The number of amides is 1. The largest absolute Gasteiger partial charge is 0.452 e. The van der Waals surface area contributed by atoms with Gasteiger partial charge >= 0.3 is 11.7 Å². The van der Waals surface area contributed by atoms with Crippen LogP contribution in [0.15, 0.2) is 30.3 Å². The van der Waals surface area contributed by atoms with Crippen molar-refractivity contribution in [2.45, 2.75) is 18.4 Å². The third-order valence-electron chi connectivity index (χ3n) is 2.68. The van der Waals surface area contributed by atoms with Gasteiger partial charge in [0.25, 0.3) is 0 Å². The molecule has 6 nitrogen and oxygen atoms in total. The van der Waals surface area contributed by atoms with Crippen molar-refractivity contribution in [3.63, 3.8) is 0 Å². The van der Waals surface area contributed by atoms with Crippen molar-refractivity contribution in [3.8, 4) is 0 Å². The second-order valence-electron chi connectivity index (χ2n) is 4.18. The minimum atomic E-state index is -0.658. The van der Waals surface area contributed by atoms with Crippen LogP contribution in [0, 0.1) is 0 Å². The van der Waals surface area contributed by atoms with Gasteiger partial charge in [-0.05, 0) is 5.56 Å². The number of thioether (sulfide) groups is 1. The van der Waals surface area contributed by atoms with E-state index in [-0.39, 0.29) is 29.4 Å². The smallest absolute Gasteiger partial charge is 0.418 e. The number of nitrogens with zero attached hydrogens (tertiary/aromatic N) is 2. The van der Waals surface area contributed by atoms with Crippen LogP contribution in [0.25, 0.3) is 5.53 Å². The first-order valence-electron chi connectivity index (χ1n) is 6.02. The second-order valence-corrected chi connectivity index (χ2v) is 5.37. The molecule has 1 fully saturated rings. The number of rotatable bonds is 6. The Bertz CT molecular complexity index is 547. The van der Waals surface area contributed by atoms with Crippen LogP contribution in [-0.4, -0.2) is 33.5 Å². The summed E-state index contributed by atoms with van der Waals surface area (Å²) in [6, 6.07) is 9.23. The molecule has 1 atom stereocenters. The topological polar surface area (TPSA) is 91.8 Å². The second kappa shape index (κ2) is 6.88. The molecule has 7 heteroatoms. The highest BCUT2D eigenvalue weighted by Crippen LogP contribution is 2.18. The van der Waals surface area contributed by atoms with Gasteiger partial charge in [-0.15, -0.1) is 11.8 Å². The van der Waals surface area contributed by atoms with Gasteiger partial charge in [0.05, 0.1) is 11.8 Å². The van der Waals surface area contributed by atoms with Gasteiger partial charge in [0.1, 0.15) is 12.4 Å². The molecule has 1 heterocycles. The van der Waals surface area contributed by atoms with Crippen LogP contribution in [0.3, 0.4) is 0 Å². The fraction of sp³-hybridized carbons (Fsp3) is 0.308. The van der Waals surface area contributed by atoms with Gasteiger partial charge in [0, 0.05) is 0 Å². The molecule has 0 aliphatic carbocycles. The van der Waals surface area contributed by atoms with E-state index in [9.17, 15) is 9.59 Å². The third-order valence-corrected chi connectivity index (χ3v) is 3.81. The van der Waals surface area contributed by atoms with E-state index in [1.165, 1.54) is 11.8 Å². The average molecular weight is 291 g/mol. The predicted molar refractivity (Wildman–Crippen MR) is 73.9 cm³/mol. The Morgan fingerprint density at radius 1 is 1.45 bits per heavy atom. The monoisotopic (exact) mass is 291 g/mol. The fourth-order valence-corrected chi connectivity index (χ4v) is 2.56. The highest BCUT2D eigenvalue weighted by molar-refractivity contribution is 8.00. The number of hydrogen-bond acceptors (Lipinski definition) is 4. The summed E-state index contributed by atoms with van der Waals surface area (Å²) in [5.74, 6) is -0.485. The van der Waals surface area contributed by atoms with Crippen LogP contribution in [0.2, 0.25) is 0 Å². The molecule has 1 aromatic carbocycles. The summed E-state index contributed by atoms with van der Waals surface area (Å²) >= 11 is 1.33. The van der Waals surface area contributed by atoms with E-state index >= 15 is 0 Å². The molecule has 20 heavy (non-hydrogen) atoms. The highest BCUT2D eigenvalue weighted by atomic mass is 32.2. The average Bonchev–Trinajstić information content (AvgIpc) is 2.44. The summed E-state index contributed by atoms with van der Waals surface area (Å²) in [7, 11) is 0. The Balaban J connectivity index is 1.77. The Morgan fingerprint density at radius 3 is 2.75 bits per heavy atom. The molecule has 0 saturated carbocycles. The molecular formula is C13H13N3O3S. The number of ether oxygens (including phenoxy) is 1. The standard InChI is InChI=1S/C13H13N3O3S/c14-16-10(8-20-12-6-11(17)15-12)13(18)19-7-9-4-2-1-3-5-9/h1-5,12H,6-8H2,(H,15,17)/t12-/m1/s1. The van der Waals surface area contributed by atoms with E-state index in [2.05, 4.69) is 10.1 Å². The lowest BCUT2D eigenvalue weighted by Gasteiger charge is -2.25. The lowest BCUT2D eigenvalue weighted by atomic mass is 10.2. The minimum absolute atomic E-state index is 0.0170. The quantitative estimate of drug-likeness (QED) is 0.278. The van der Waals surface area contributed by atoms with E-state index in [1.807, 2.05) is 30.3 Å². The Hall–Kier alpha value is -2.11. The molecule has 1 amide bonds. The van der Waals surface area contributed by atoms with Crippen LogP contribution >= 0.6 is 11.8 Å². The van der Waals surface area contributed by atoms with Gasteiger partial charge in [0.2, 0.25) is 5.91 Å². The van der Waals surface area contributed by atoms with Gasteiger partial charge < -0.3 is 15.6 Å². The molecular weight excluding hydrogens is 278 g/mol. The number of nitrogens with one attached hydrogen (secondary N) is 1. The first-order chi connectivity index (χ1) is 9.69. The first kappa shape index (κ1) is 14.3. The van der Waals surface area contributed by atoms with E-state index in [0.717, 1.165) is 5.56 Å². The molecule has 1 aliphatic rings. The molecule has 1 aliphatic heterocycles. The van der Waals surface area contributed by atoms with Crippen LogP contribution < -0.4 is 5.32 Å². The number of carbonyl (C=O) groups is 2. The van der Waals surface area contributed by atoms with E-state index < -0.39 is 5.97 Å². The summed E-state index contributed by atoms with van der Waals surface area (Å²) in [4.78, 5) is 25.4. The zero-order valence-corrected chi connectivity index (χ0v) is 11.4. The van der Waals surface area contributed by atoms with Crippen molar-refractivity contribution in [1.82, 2.24) is 5.32 Å². The molecule has 104 valence electrons. The molecule has 0 spiro atoms. The summed E-state index contributed by atoms with van der Waals surface area (Å²) in [6.45, 7) is 0.128. The summed E-state index contributed by atoms with van der Waals surface area (Å²) in [5, 5.41) is 2.63. The van der Waals surface area contributed by atoms with E-state index in [4.69, 9.17) is 10.3 Å². The normalized spacial score (nSPS) is 16.6. The SMILES string of the molecule is [N-]=[N+]=C(CS[C@@H]1CC(=O)N1)C(=O)OCc1ccccc1.